The van der Waals surface area contributed by atoms with E-state index in [0.717, 1.165) is 0 Å². The molecule has 1 amide bonds. The number of rotatable bonds is 6. The zero-order valence-corrected chi connectivity index (χ0v) is 11.3. The lowest BCUT2D eigenvalue weighted by Gasteiger charge is -2.14. The fraction of sp³-hybridized carbons (Fsp3) is 0.538. The number of amides is 1. The van der Waals surface area contributed by atoms with E-state index in [2.05, 4.69) is 10.3 Å². The lowest BCUT2D eigenvalue weighted by molar-refractivity contribution is -0.126. The molecule has 1 aromatic heterocycles. The van der Waals surface area contributed by atoms with Crippen molar-refractivity contribution in [1.29, 1.82) is 0 Å². The summed E-state index contributed by atoms with van der Waals surface area (Å²) in [6, 6.07) is 3.42. The van der Waals surface area contributed by atoms with Crippen LogP contribution in [0.5, 0.6) is 5.88 Å². The molecule has 1 heterocycles. The van der Waals surface area contributed by atoms with Gasteiger partial charge in [-0.2, -0.15) is 0 Å². The molecule has 18 heavy (non-hydrogen) atoms. The fourth-order valence-corrected chi connectivity index (χ4v) is 1.23. The first-order chi connectivity index (χ1) is 8.52. The number of pyridine rings is 1. The third-order valence-corrected chi connectivity index (χ3v) is 2.26. The molecular weight excluding hydrogens is 232 g/mol. The van der Waals surface area contributed by atoms with Crippen LogP contribution in [0.2, 0.25) is 0 Å². The number of aromatic nitrogens is 1. The van der Waals surface area contributed by atoms with Gasteiger partial charge in [0, 0.05) is 12.7 Å². The third kappa shape index (κ3) is 4.71. The SMILES string of the molecule is COc1ccc(NC(=O)[C@@H](C)OCC(C)C)cn1. The number of ether oxygens (including phenoxy) is 2. The highest BCUT2D eigenvalue weighted by Crippen LogP contribution is 2.11. The monoisotopic (exact) mass is 252 g/mol. The summed E-state index contributed by atoms with van der Waals surface area (Å²) in [5, 5.41) is 2.73. The van der Waals surface area contributed by atoms with Crippen molar-refractivity contribution < 1.29 is 14.3 Å². The minimum atomic E-state index is -0.477. The molecule has 0 radical (unpaired) electrons. The van der Waals surface area contributed by atoms with Crippen molar-refractivity contribution in [2.24, 2.45) is 5.92 Å². The summed E-state index contributed by atoms with van der Waals surface area (Å²) in [5.41, 5.74) is 0.626. The van der Waals surface area contributed by atoms with Crippen molar-refractivity contribution in [2.45, 2.75) is 26.9 Å². The third-order valence-electron chi connectivity index (χ3n) is 2.26. The molecule has 0 saturated carbocycles. The van der Waals surface area contributed by atoms with Gasteiger partial charge in [-0.3, -0.25) is 4.79 Å². The molecule has 100 valence electrons. The van der Waals surface area contributed by atoms with E-state index >= 15 is 0 Å². The van der Waals surface area contributed by atoms with Gasteiger partial charge in [-0.15, -0.1) is 0 Å². The second-order valence-electron chi connectivity index (χ2n) is 4.45. The number of nitrogens with zero attached hydrogens (tertiary/aromatic N) is 1. The Morgan fingerprint density at radius 1 is 1.39 bits per heavy atom. The molecular formula is C13H20N2O3. The Labute approximate surface area is 108 Å². The zero-order valence-electron chi connectivity index (χ0n) is 11.3. The summed E-state index contributed by atoms with van der Waals surface area (Å²) in [6.45, 7) is 6.38. The molecule has 0 fully saturated rings. The summed E-state index contributed by atoms with van der Waals surface area (Å²) >= 11 is 0. The molecule has 1 N–H and O–H groups in total. The Hall–Kier alpha value is -1.62. The largest absolute Gasteiger partial charge is 0.481 e. The van der Waals surface area contributed by atoms with E-state index in [0.29, 0.717) is 24.1 Å². The average molecular weight is 252 g/mol. The maximum Gasteiger partial charge on any atom is 0.253 e. The molecule has 1 rings (SSSR count). The van der Waals surface area contributed by atoms with Gasteiger partial charge >= 0.3 is 0 Å². The van der Waals surface area contributed by atoms with E-state index in [1.165, 1.54) is 0 Å². The number of nitrogens with one attached hydrogen (secondary N) is 1. The maximum absolute atomic E-state index is 11.8. The van der Waals surface area contributed by atoms with Crippen LogP contribution >= 0.6 is 0 Å². The summed E-state index contributed by atoms with van der Waals surface area (Å²) in [4.78, 5) is 15.8. The Morgan fingerprint density at radius 2 is 2.11 bits per heavy atom. The molecule has 5 heteroatoms. The van der Waals surface area contributed by atoms with Gasteiger partial charge in [-0.1, -0.05) is 13.8 Å². The standard InChI is InChI=1S/C13H20N2O3/c1-9(2)8-18-10(3)13(16)15-11-5-6-12(17-4)14-7-11/h5-7,9-10H,8H2,1-4H3,(H,15,16)/t10-/m1/s1. The highest BCUT2D eigenvalue weighted by atomic mass is 16.5. The number of methoxy groups -OCH3 is 1. The molecule has 0 aliphatic rings. The number of carbonyl (C=O) groups excluding carboxylic acids is 1. The van der Waals surface area contributed by atoms with Gasteiger partial charge in [0.2, 0.25) is 5.88 Å². The summed E-state index contributed by atoms with van der Waals surface area (Å²) in [7, 11) is 1.54. The molecule has 0 aromatic carbocycles. The predicted molar refractivity (Wildman–Crippen MR) is 69.7 cm³/mol. The molecule has 0 bridgehead atoms. The quantitative estimate of drug-likeness (QED) is 0.842. The Bertz CT molecular complexity index is 376. The smallest absolute Gasteiger partial charge is 0.253 e. The number of anilines is 1. The lowest BCUT2D eigenvalue weighted by Crippen LogP contribution is -2.28. The summed E-state index contributed by atoms with van der Waals surface area (Å²) in [5.74, 6) is 0.739. The normalized spacial score (nSPS) is 12.3. The highest BCUT2D eigenvalue weighted by Gasteiger charge is 2.14. The van der Waals surface area contributed by atoms with Crippen molar-refractivity contribution in [3.63, 3.8) is 0 Å². The lowest BCUT2D eigenvalue weighted by atomic mass is 10.2. The Morgan fingerprint density at radius 3 is 2.61 bits per heavy atom. The molecule has 1 atom stereocenters. The van der Waals surface area contributed by atoms with Crippen LogP contribution in [-0.4, -0.2) is 30.7 Å². The highest BCUT2D eigenvalue weighted by molar-refractivity contribution is 5.93. The van der Waals surface area contributed by atoms with Gasteiger partial charge in [-0.25, -0.2) is 4.98 Å². The van der Waals surface area contributed by atoms with E-state index in [1.807, 2.05) is 13.8 Å². The van der Waals surface area contributed by atoms with Crippen LogP contribution in [0.25, 0.3) is 0 Å². The predicted octanol–water partition coefficient (Wildman–Crippen LogP) is 2.09. The average Bonchev–Trinajstić information content (AvgIpc) is 2.36. The molecule has 0 unspecified atom stereocenters. The molecule has 0 aliphatic heterocycles. The van der Waals surface area contributed by atoms with E-state index in [1.54, 1.807) is 32.4 Å². The van der Waals surface area contributed by atoms with E-state index < -0.39 is 6.10 Å². The maximum atomic E-state index is 11.8. The van der Waals surface area contributed by atoms with E-state index in [4.69, 9.17) is 9.47 Å². The molecule has 0 spiro atoms. The summed E-state index contributed by atoms with van der Waals surface area (Å²) < 4.78 is 10.4. The van der Waals surface area contributed by atoms with Gasteiger partial charge in [0.25, 0.3) is 5.91 Å². The fourth-order valence-electron chi connectivity index (χ4n) is 1.23. The van der Waals surface area contributed by atoms with Gasteiger partial charge < -0.3 is 14.8 Å². The van der Waals surface area contributed by atoms with Gasteiger partial charge in [0.1, 0.15) is 6.10 Å². The van der Waals surface area contributed by atoms with Gasteiger partial charge in [0.05, 0.1) is 19.0 Å². The molecule has 0 aliphatic carbocycles. The van der Waals surface area contributed by atoms with Gasteiger partial charge in [-0.05, 0) is 18.9 Å². The minimum Gasteiger partial charge on any atom is -0.481 e. The van der Waals surface area contributed by atoms with E-state index in [-0.39, 0.29) is 5.91 Å². The molecule has 5 nitrogen and oxygen atoms in total. The van der Waals surface area contributed by atoms with Crippen LogP contribution in [0.15, 0.2) is 18.3 Å². The van der Waals surface area contributed by atoms with Crippen molar-refractivity contribution >= 4 is 11.6 Å². The van der Waals surface area contributed by atoms with Crippen molar-refractivity contribution in [3.8, 4) is 5.88 Å². The Kier molecular flexibility index (Phi) is 5.58. The minimum absolute atomic E-state index is 0.178. The molecule has 0 saturated heterocycles. The van der Waals surface area contributed by atoms with Crippen molar-refractivity contribution in [1.82, 2.24) is 4.98 Å². The Balaban J connectivity index is 2.47. The second-order valence-corrected chi connectivity index (χ2v) is 4.45. The summed E-state index contributed by atoms with van der Waals surface area (Å²) in [6.07, 6.45) is 1.07. The van der Waals surface area contributed by atoms with Gasteiger partial charge in [0.15, 0.2) is 0 Å². The number of carbonyl (C=O) groups is 1. The number of hydrogen-bond acceptors (Lipinski definition) is 4. The topological polar surface area (TPSA) is 60.5 Å². The van der Waals surface area contributed by atoms with Crippen molar-refractivity contribution in [3.05, 3.63) is 18.3 Å². The molecule has 1 aromatic rings. The first kappa shape index (κ1) is 14.4. The zero-order chi connectivity index (χ0) is 13.5. The van der Waals surface area contributed by atoms with Crippen LogP contribution in [0.3, 0.4) is 0 Å². The first-order valence-electron chi connectivity index (χ1n) is 5.95. The van der Waals surface area contributed by atoms with Crippen LogP contribution in [0, 0.1) is 5.92 Å². The van der Waals surface area contributed by atoms with Crippen LogP contribution in [0.4, 0.5) is 5.69 Å². The van der Waals surface area contributed by atoms with Crippen LogP contribution in [-0.2, 0) is 9.53 Å². The first-order valence-corrected chi connectivity index (χ1v) is 5.95. The van der Waals surface area contributed by atoms with Crippen molar-refractivity contribution in [2.75, 3.05) is 19.0 Å². The number of hydrogen-bond donors (Lipinski definition) is 1. The van der Waals surface area contributed by atoms with Crippen LogP contribution in [0.1, 0.15) is 20.8 Å². The second kappa shape index (κ2) is 6.96. The van der Waals surface area contributed by atoms with Crippen LogP contribution < -0.4 is 10.1 Å². The van der Waals surface area contributed by atoms with E-state index in [9.17, 15) is 4.79 Å².